The fraction of sp³-hybridized carbons (Fsp3) is 0.250. The summed E-state index contributed by atoms with van der Waals surface area (Å²) < 4.78 is 7.27. The van der Waals surface area contributed by atoms with Gasteiger partial charge in [-0.3, -0.25) is 4.79 Å². The number of pyridine rings is 1. The number of nitrogens with zero attached hydrogens (tertiary/aromatic N) is 3. The lowest BCUT2D eigenvalue weighted by atomic mass is 10.1. The van der Waals surface area contributed by atoms with Crippen molar-refractivity contribution in [3.8, 4) is 5.88 Å². The minimum atomic E-state index is -1.17. The van der Waals surface area contributed by atoms with Crippen molar-refractivity contribution in [2.45, 2.75) is 19.0 Å². The maximum absolute atomic E-state index is 12.4. The van der Waals surface area contributed by atoms with Gasteiger partial charge in [-0.1, -0.05) is 17.7 Å². The van der Waals surface area contributed by atoms with Crippen LogP contribution in [0.2, 0.25) is 5.02 Å². The quantitative estimate of drug-likeness (QED) is 0.741. The van der Waals surface area contributed by atoms with Crippen LogP contribution in [0.4, 0.5) is 0 Å². The molecule has 0 saturated heterocycles. The molecular formula is C16H15ClN4O4. The van der Waals surface area contributed by atoms with Crippen LogP contribution in [0.3, 0.4) is 0 Å². The van der Waals surface area contributed by atoms with Gasteiger partial charge < -0.3 is 19.7 Å². The van der Waals surface area contributed by atoms with Crippen LogP contribution in [-0.2, 0) is 17.8 Å². The molecule has 0 fully saturated rings. The van der Waals surface area contributed by atoms with Crippen LogP contribution < -0.4 is 10.1 Å². The number of aliphatic carboxylic acids is 1. The van der Waals surface area contributed by atoms with Crippen LogP contribution in [0.1, 0.15) is 16.2 Å². The largest absolute Gasteiger partial charge is 0.480 e. The number of carbonyl (C=O) groups excluding carboxylic acids is 1. The number of rotatable bonds is 1. The zero-order chi connectivity index (χ0) is 17.8. The van der Waals surface area contributed by atoms with E-state index in [2.05, 4.69) is 15.3 Å². The number of imidazole rings is 1. The van der Waals surface area contributed by atoms with Crippen LogP contribution in [-0.4, -0.2) is 44.2 Å². The van der Waals surface area contributed by atoms with Gasteiger partial charge in [0.15, 0.2) is 5.69 Å². The Bertz CT molecular complexity index is 833. The van der Waals surface area contributed by atoms with E-state index in [4.69, 9.17) is 16.3 Å². The molecule has 0 saturated carbocycles. The first kappa shape index (κ1) is 17.0. The molecular weight excluding hydrogens is 348 g/mol. The number of halogens is 1. The molecule has 3 heterocycles. The highest BCUT2D eigenvalue weighted by Crippen LogP contribution is 2.18. The molecule has 2 aromatic heterocycles. The van der Waals surface area contributed by atoms with Gasteiger partial charge in [-0.05, 0) is 12.1 Å². The molecule has 1 aliphatic heterocycles. The lowest BCUT2D eigenvalue weighted by Gasteiger charge is -2.14. The molecule has 0 spiro atoms. The van der Waals surface area contributed by atoms with E-state index in [1.807, 2.05) is 12.2 Å². The highest BCUT2D eigenvalue weighted by molar-refractivity contribution is 6.33. The van der Waals surface area contributed by atoms with Gasteiger partial charge in [-0.15, -0.1) is 0 Å². The summed E-state index contributed by atoms with van der Waals surface area (Å²) in [5.41, 5.74) is 0.467. The van der Waals surface area contributed by atoms with Gasteiger partial charge in [0.1, 0.15) is 12.6 Å². The minimum absolute atomic E-state index is 0.0472. The van der Waals surface area contributed by atoms with Gasteiger partial charge >= 0.3 is 5.97 Å². The van der Waals surface area contributed by atoms with Gasteiger partial charge in [0.2, 0.25) is 5.88 Å². The monoisotopic (exact) mass is 362 g/mol. The summed E-state index contributed by atoms with van der Waals surface area (Å²) >= 11 is 6.01. The second kappa shape index (κ2) is 7.35. The zero-order valence-electron chi connectivity index (χ0n) is 13.1. The topological polar surface area (TPSA) is 106 Å². The molecule has 4 bridgehead atoms. The van der Waals surface area contributed by atoms with Gasteiger partial charge in [0.25, 0.3) is 5.91 Å². The molecule has 0 aliphatic carbocycles. The number of carbonyl (C=O) groups is 2. The molecule has 2 N–H and O–H groups in total. The lowest BCUT2D eigenvalue weighted by molar-refractivity contribution is -0.139. The SMILES string of the molecule is O=C1N[C@H](C(=O)O)Cc2cn(cn2)C/C=C/COc2ccc(Cl)c1n2. The number of allylic oxidation sites excluding steroid dienone is 1. The average molecular weight is 363 g/mol. The summed E-state index contributed by atoms with van der Waals surface area (Å²) in [6.45, 7) is 0.842. The number of aromatic nitrogens is 3. The third-order valence-electron chi connectivity index (χ3n) is 3.55. The van der Waals surface area contributed by atoms with Gasteiger partial charge in [-0.2, -0.15) is 0 Å². The molecule has 0 aromatic carbocycles. The predicted molar refractivity (Wildman–Crippen MR) is 88.7 cm³/mol. The van der Waals surface area contributed by atoms with Gasteiger partial charge in [-0.25, -0.2) is 14.8 Å². The van der Waals surface area contributed by atoms with Crippen molar-refractivity contribution in [2.24, 2.45) is 0 Å². The van der Waals surface area contributed by atoms with Crippen molar-refractivity contribution in [1.29, 1.82) is 0 Å². The number of carboxylic acids is 1. The van der Waals surface area contributed by atoms with Crippen LogP contribution in [0.15, 0.2) is 36.8 Å². The van der Waals surface area contributed by atoms with Crippen molar-refractivity contribution in [2.75, 3.05) is 6.61 Å². The first-order chi connectivity index (χ1) is 12.0. The van der Waals surface area contributed by atoms with Gasteiger partial charge in [0, 0.05) is 25.2 Å². The fourth-order valence-corrected chi connectivity index (χ4v) is 2.50. The van der Waals surface area contributed by atoms with Crippen LogP contribution in [0, 0.1) is 0 Å². The highest BCUT2D eigenvalue weighted by Gasteiger charge is 2.24. The summed E-state index contributed by atoms with van der Waals surface area (Å²) in [7, 11) is 0. The van der Waals surface area contributed by atoms with E-state index in [0.717, 1.165) is 0 Å². The number of amides is 1. The maximum Gasteiger partial charge on any atom is 0.326 e. The average Bonchev–Trinajstić information content (AvgIpc) is 3.01. The Morgan fingerprint density at radius 2 is 2.24 bits per heavy atom. The molecule has 3 rings (SSSR count). The molecule has 9 heteroatoms. The molecule has 2 aromatic rings. The normalized spacial score (nSPS) is 19.1. The third-order valence-corrected chi connectivity index (χ3v) is 3.85. The second-order valence-electron chi connectivity index (χ2n) is 5.39. The third kappa shape index (κ3) is 4.16. The molecule has 8 nitrogen and oxygen atoms in total. The Balaban J connectivity index is 1.94. The Morgan fingerprint density at radius 3 is 3.04 bits per heavy atom. The summed E-state index contributed by atoms with van der Waals surface area (Å²) in [4.78, 5) is 32.1. The first-order valence-corrected chi connectivity index (χ1v) is 7.89. The number of nitrogens with one attached hydrogen (secondary N) is 1. The van der Waals surface area contributed by atoms with Crippen LogP contribution in [0.5, 0.6) is 5.88 Å². The maximum atomic E-state index is 12.4. The second-order valence-corrected chi connectivity index (χ2v) is 5.80. The van der Waals surface area contributed by atoms with Crippen molar-refractivity contribution >= 4 is 23.5 Å². The van der Waals surface area contributed by atoms with Crippen LogP contribution >= 0.6 is 11.6 Å². The molecule has 1 atom stereocenters. The predicted octanol–water partition coefficient (Wildman–Crippen LogP) is 1.31. The molecule has 1 amide bonds. The van der Waals surface area contributed by atoms with E-state index in [1.54, 1.807) is 23.2 Å². The zero-order valence-corrected chi connectivity index (χ0v) is 13.8. The molecule has 0 radical (unpaired) electrons. The Kier molecular flexibility index (Phi) is 4.99. The van der Waals surface area contributed by atoms with Crippen molar-refractivity contribution in [1.82, 2.24) is 19.9 Å². The fourth-order valence-electron chi connectivity index (χ4n) is 2.31. The van der Waals surface area contributed by atoms with E-state index >= 15 is 0 Å². The minimum Gasteiger partial charge on any atom is -0.480 e. The molecule has 0 unspecified atom stereocenters. The summed E-state index contributed by atoms with van der Waals surface area (Å²) in [5.74, 6) is -1.63. The van der Waals surface area contributed by atoms with Crippen LogP contribution in [0.25, 0.3) is 0 Å². The van der Waals surface area contributed by atoms with E-state index in [9.17, 15) is 14.7 Å². The smallest absolute Gasteiger partial charge is 0.326 e. The van der Waals surface area contributed by atoms with E-state index in [0.29, 0.717) is 12.2 Å². The summed E-state index contributed by atoms with van der Waals surface area (Å²) in [6, 6.07) is 1.87. The molecule has 1 aliphatic rings. The number of hydrogen-bond donors (Lipinski definition) is 2. The molecule has 25 heavy (non-hydrogen) atoms. The Hall–Kier alpha value is -2.87. The summed E-state index contributed by atoms with van der Waals surface area (Å²) in [5, 5.41) is 11.9. The number of fused-ring (bicyclic) bond motifs is 4. The van der Waals surface area contributed by atoms with Crippen molar-refractivity contribution < 1.29 is 19.4 Å². The van der Waals surface area contributed by atoms with E-state index < -0.39 is 17.9 Å². The van der Waals surface area contributed by atoms with Crippen molar-refractivity contribution in [3.63, 3.8) is 0 Å². The lowest BCUT2D eigenvalue weighted by Crippen LogP contribution is -2.42. The summed E-state index contributed by atoms with van der Waals surface area (Å²) in [6.07, 6.45) is 7.09. The van der Waals surface area contributed by atoms with Gasteiger partial charge in [0.05, 0.1) is 17.0 Å². The highest BCUT2D eigenvalue weighted by atomic mass is 35.5. The number of hydrogen-bond acceptors (Lipinski definition) is 5. The Labute approximate surface area is 148 Å². The standard InChI is InChI=1S/C16H15ClN4O4/c17-11-3-4-13-20-14(11)15(22)19-12(16(23)24)7-10-8-21(9-18-10)5-1-2-6-25-13/h1-4,8-9,12H,5-7H2,(H,19,22)(H,23,24)/b2-1+/t12-/m0/s1. The van der Waals surface area contributed by atoms with Crippen molar-refractivity contribution in [3.05, 3.63) is 53.2 Å². The van der Waals surface area contributed by atoms with E-state index in [1.165, 1.54) is 6.07 Å². The first-order valence-electron chi connectivity index (χ1n) is 7.51. The van der Waals surface area contributed by atoms with E-state index in [-0.39, 0.29) is 29.6 Å². The number of ether oxygens (including phenoxy) is 1. The number of carboxylic acid groups (broad SMARTS) is 1. The molecule has 130 valence electrons. The Morgan fingerprint density at radius 1 is 1.40 bits per heavy atom.